The number of benzene rings is 1. The van der Waals surface area contributed by atoms with E-state index in [0.29, 0.717) is 24.8 Å². The zero-order chi connectivity index (χ0) is 29.9. The molecule has 224 valence electrons. The molecule has 1 aliphatic carbocycles. The highest BCUT2D eigenvalue weighted by Crippen LogP contribution is 2.32. The number of hydrogen-bond donors (Lipinski definition) is 2. The molecule has 1 aromatic rings. The molecule has 0 radical (unpaired) electrons. The number of rotatable bonds is 14. The van der Waals surface area contributed by atoms with Crippen molar-refractivity contribution in [2.24, 2.45) is 11.8 Å². The number of hydrogen-bond acceptors (Lipinski definition) is 9. The molecule has 2 N–H and O–H groups in total. The van der Waals surface area contributed by atoms with E-state index in [1.807, 2.05) is 34.6 Å². The van der Waals surface area contributed by atoms with Crippen LogP contribution in [0, 0.1) is 11.8 Å². The predicted molar refractivity (Wildman–Crippen MR) is 148 cm³/mol. The number of aliphatic carboxylic acids is 1. The zero-order valence-corrected chi connectivity index (χ0v) is 24.6. The van der Waals surface area contributed by atoms with Crippen LogP contribution in [0.2, 0.25) is 0 Å². The number of carbonyl (C=O) groups is 4. The van der Waals surface area contributed by atoms with E-state index in [0.717, 1.165) is 19.3 Å². The van der Waals surface area contributed by atoms with Gasteiger partial charge in [-0.25, -0.2) is 9.59 Å². The van der Waals surface area contributed by atoms with Crippen molar-refractivity contribution in [3.05, 3.63) is 23.8 Å². The average Bonchev–Trinajstić information content (AvgIpc) is 2.84. The Morgan fingerprint density at radius 3 is 2.02 bits per heavy atom. The van der Waals surface area contributed by atoms with Crippen molar-refractivity contribution in [1.82, 2.24) is 5.32 Å². The molecule has 2 atom stereocenters. The van der Waals surface area contributed by atoms with Gasteiger partial charge in [-0.1, -0.05) is 47.1 Å². The number of carboxylic acid groups (broad SMARTS) is 1. The highest BCUT2D eigenvalue weighted by Gasteiger charge is 2.45. The Labute approximate surface area is 237 Å². The van der Waals surface area contributed by atoms with Crippen LogP contribution >= 0.6 is 0 Å². The zero-order valence-electron chi connectivity index (χ0n) is 24.6. The maximum Gasteiger partial charge on any atom is 0.510 e. The highest BCUT2D eigenvalue weighted by atomic mass is 16.7. The molecule has 1 unspecified atom stereocenters. The Kier molecular flexibility index (Phi) is 12.9. The second kappa shape index (κ2) is 15.6. The molecule has 40 heavy (non-hydrogen) atoms. The van der Waals surface area contributed by atoms with Crippen LogP contribution in [0.15, 0.2) is 18.2 Å². The monoisotopic (exact) mass is 563 g/mol. The average molecular weight is 564 g/mol. The molecule has 0 amide bonds. The van der Waals surface area contributed by atoms with Gasteiger partial charge in [0.05, 0.1) is 0 Å². The van der Waals surface area contributed by atoms with Gasteiger partial charge in [0, 0.05) is 25.3 Å². The van der Waals surface area contributed by atoms with Gasteiger partial charge < -0.3 is 24.1 Å². The molecule has 0 aliphatic heterocycles. The van der Waals surface area contributed by atoms with Gasteiger partial charge in [0.2, 0.25) is 0 Å². The van der Waals surface area contributed by atoms with E-state index < -0.39 is 29.8 Å². The summed E-state index contributed by atoms with van der Waals surface area (Å²) in [5.41, 5.74) is -1.78. The van der Waals surface area contributed by atoms with Gasteiger partial charge in [-0.15, -0.1) is 0 Å². The van der Waals surface area contributed by atoms with Gasteiger partial charge in [0.15, 0.2) is 11.5 Å². The SMILES string of the molecule is CCC(C)N[C@@](Cc1ccc(OC(=O)CC(C)C)c(OC(=O)CC(C)C)c1)(OC(=O)OC1CCCCC1)C(=O)O. The fourth-order valence-electron chi connectivity index (χ4n) is 4.39. The lowest BCUT2D eigenvalue weighted by Gasteiger charge is -2.33. The maximum atomic E-state index is 12.8. The van der Waals surface area contributed by atoms with Gasteiger partial charge in [0.1, 0.15) is 6.10 Å². The Hall–Kier alpha value is -3.14. The summed E-state index contributed by atoms with van der Waals surface area (Å²) in [4.78, 5) is 50.3. The van der Waals surface area contributed by atoms with Crippen LogP contribution in [0.4, 0.5) is 4.79 Å². The minimum atomic E-state index is -2.16. The summed E-state index contributed by atoms with van der Waals surface area (Å²) in [5, 5.41) is 13.2. The Morgan fingerprint density at radius 1 is 0.925 bits per heavy atom. The van der Waals surface area contributed by atoms with Crippen LogP contribution in [-0.4, -0.2) is 47.0 Å². The summed E-state index contributed by atoms with van der Waals surface area (Å²) in [6.45, 7) is 11.1. The fourth-order valence-corrected chi connectivity index (χ4v) is 4.39. The lowest BCUT2D eigenvalue weighted by atomic mass is 9.98. The van der Waals surface area contributed by atoms with E-state index in [9.17, 15) is 24.3 Å². The van der Waals surface area contributed by atoms with Crippen molar-refractivity contribution in [3.63, 3.8) is 0 Å². The van der Waals surface area contributed by atoms with E-state index >= 15 is 0 Å². The van der Waals surface area contributed by atoms with Crippen LogP contribution < -0.4 is 14.8 Å². The lowest BCUT2D eigenvalue weighted by molar-refractivity contribution is -0.168. The van der Waals surface area contributed by atoms with Crippen LogP contribution in [0.25, 0.3) is 0 Å². The topological polar surface area (TPSA) is 137 Å². The number of nitrogens with one attached hydrogen (secondary N) is 1. The summed E-state index contributed by atoms with van der Waals surface area (Å²) in [6.07, 6.45) is 3.52. The van der Waals surface area contributed by atoms with Crippen LogP contribution in [0.5, 0.6) is 11.5 Å². The van der Waals surface area contributed by atoms with Gasteiger partial charge in [-0.05, 0) is 68.6 Å². The van der Waals surface area contributed by atoms with Crippen LogP contribution in [-0.2, 0) is 30.3 Å². The quantitative estimate of drug-likeness (QED) is 0.163. The van der Waals surface area contributed by atoms with E-state index in [2.05, 4.69) is 5.32 Å². The third-order valence-corrected chi connectivity index (χ3v) is 6.57. The van der Waals surface area contributed by atoms with Crippen molar-refractivity contribution in [2.45, 2.75) is 117 Å². The highest BCUT2D eigenvalue weighted by molar-refractivity contribution is 5.81. The van der Waals surface area contributed by atoms with Crippen molar-refractivity contribution in [3.8, 4) is 11.5 Å². The second-order valence-electron chi connectivity index (χ2n) is 11.4. The Morgan fingerprint density at radius 2 is 1.50 bits per heavy atom. The van der Waals surface area contributed by atoms with E-state index in [-0.39, 0.29) is 54.7 Å². The predicted octanol–water partition coefficient (Wildman–Crippen LogP) is 5.79. The minimum absolute atomic E-state index is 0.0205. The van der Waals surface area contributed by atoms with Crippen molar-refractivity contribution in [1.29, 1.82) is 0 Å². The Bertz CT molecular complexity index is 1020. The number of carbonyl (C=O) groups excluding carboxylic acids is 3. The smallest absolute Gasteiger partial charge is 0.477 e. The molecular weight excluding hydrogens is 518 g/mol. The van der Waals surface area contributed by atoms with Gasteiger partial charge in [-0.2, -0.15) is 0 Å². The van der Waals surface area contributed by atoms with Gasteiger partial charge in [0.25, 0.3) is 5.72 Å². The third kappa shape index (κ3) is 10.8. The first-order valence-electron chi connectivity index (χ1n) is 14.3. The second-order valence-corrected chi connectivity index (χ2v) is 11.4. The number of esters is 2. The van der Waals surface area contributed by atoms with E-state index in [4.69, 9.17) is 18.9 Å². The van der Waals surface area contributed by atoms with E-state index in [1.165, 1.54) is 12.1 Å². The molecular formula is C30H45NO9. The van der Waals surface area contributed by atoms with Crippen molar-refractivity contribution >= 4 is 24.1 Å². The third-order valence-electron chi connectivity index (χ3n) is 6.57. The van der Waals surface area contributed by atoms with Gasteiger partial charge in [-0.3, -0.25) is 14.9 Å². The first-order valence-corrected chi connectivity index (χ1v) is 14.3. The fraction of sp³-hybridized carbons (Fsp3) is 0.667. The maximum absolute atomic E-state index is 12.8. The molecule has 0 bridgehead atoms. The molecule has 0 heterocycles. The van der Waals surface area contributed by atoms with Gasteiger partial charge >= 0.3 is 24.1 Å². The number of ether oxygens (including phenoxy) is 4. The summed E-state index contributed by atoms with van der Waals surface area (Å²) < 4.78 is 22.0. The van der Waals surface area contributed by atoms with E-state index in [1.54, 1.807) is 13.0 Å². The first kappa shape index (κ1) is 33.1. The first-order chi connectivity index (χ1) is 18.8. The molecule has 1 saturated carbocycles. The summed E-state index contributed by atoms with van der Waals surface area (Å²) >= 11 is 0. The van der Waals surface area contributed by atoms with Crippen LogP contribution in [0.1, 0.15) is 98.5 Å². The molecule has 1 fully saturated rings. The molecule has 0 spiro atoms. The summed E-state index contributed by atoms with van der Waals surface area (Å²) in [6, 6.07) is 4.10. The molecule has 0 saturated heterocycles. The Balaban J connectivity index is 2.40. The summed E-state index contributed by atoms with van der Waals surface area (Å²) in [7, 11) is 0. The van der Waals surface area contributed by atoms with Crippen molar-refractivity contribution < 1.29 is 43.2 Å². The standard InChI is InChI=1S/C30H45NO9/c1-7-21(6)31-30(28(34)35,40-29(36)37-23-11-9-8-10-12-23)18-22-13-14-24(38-26(32)15-19(2)3)25(17-22)39-27(33)16-20(4)5/h13-14,17,19-21,23,31H,7-12,15-16,18H2,1-6H3,(H,34,35)/t21?,30-/m0/s1. The van der Waals surface area contributed by atoms with Crippen LogP contribution in [0.3, 0.4) is 0 Å². The normalized spacial score (nSPS) is 16.2. The molecule has 1 aliphatic rings. The largest absolute Gasteiger partial charge is 0.510 e. The summed E-state index contributed by atoms with van der Waals surface area (Å²) in [5.74, 6) is -2.30. The number of carboxylic acids is 1. The molecule has 1 aromatic carbocycles. The molecule has 0 aromatic heterocycles. The minimum Gasteiger partial charge on any atom is -0.477 e. The molecule has 10 nitrogen and oxygen atoms in total. The lowest BCUT2D eigenvalue weighted by Crippen LogP contribution is -2.59. The van der Waals surface area contributed by atoms with Crippen molar-refractivity contribution in [2.75, 3.05) is 0 Å². The molecule has 10 heteroatoms. The molecule has 2 rings (SSSR count).